The number of fused-ring (bicyclic) bond motifs is 2. The lowest BCUT2D eigenvalue weighted by molar-refractivity contribution is 0.479. The van der Waals surface area contributed by atoms with Gasteiger partial charge in [0, 0.05) is 25.1 Å². The Hall–Kier alpha value is -4.19. The molecule has 0 aliphatic rings. The van der Waals surface area contributed by atoms with Crippen LogP contribution in [-0.2, 0) is 16.9 Å². The number of aromatic nitrogens is 7. The molecule has 0 unspecified atom stereocenters. The van der Waals surface area contributed by atoms with E-state index < -0.39 is 9.84 Å². The minimum atomic E-state index is -3.57. The number of sulfone groups is 1. The van der Waals surface area contributed by atoms with Crippen LogP contribution in [0.15, 0.2) is 54.1 Å². The summed E-state index contributed by atoms with van der Waals surface area (Å²) in [5.74, 6) is 1.70. The number of aryl methyl sites for hydroxylation is 2. The summed E-state index contributed by atoms with van der Waals surface area (Å²) in [5.41, 5.74) is 4.00. The molecule has 0 bridgehead atoms. The standard InChI is InChI=1S/C21H18N8O3S/c1-12-8-13(4-7-18(12)32-14-5-6-17-15(9-14)27-28-29(17)2)25-20-19-16(23-11-24-20)10-22-21(26-19)33(3,30)31/h4-11H,1-3H3,(H,23,24,25). The van der Waals surface area contributed by atoms with Crippen LogP contribution in [-0.4, -0.2) is 49.6 Å². The van der Waals surface area contributed by atoms with Crippen LogP contribution in [0, 0.1) is 6.92 Å². The third kappa shape index (κ3) is 4.03. The van der Waals surface area contributed by atoms with Gasteiger partial charge < -0.3 is 10.1 Å². The maximum atomic E-state index is 11.8. The Morgan fingerprint density at radius 1 is 1.03 bits per heavy atom. The van der Waals surface area contributed by atoms with Crippen LogP contribution in [0.4, 0.5) is 11.5 Å². The molecular formula is C21H18N8O3S. The predicted molar refractivity (Wildman–Crippen MR) is 121 cm³/mol. The highest BCUT2D eigenvalue weighted by molar-refractivity contribution is 7.90. The van der Waals surface area contributed by atoms with E-state index in [0.29, 0.717) is 28.4 Å². The second-order valence-corrected chi connectivity index (χ2v) is 9.36. The quantitative estimate of drug-likeness (QED) is 0.388. The Balaban J connectivity index is 1.43. The molecular weight excluding hydrogens is 444 g/mol. The van der Waals surface area contributed by atoms with Gasteiger partial charge in [-0.1, -0.05) is 5.21 Å². The Labute approximate surface area is 188 Å². The van der Waals surface area contributed by atoms with E-state index in [1.807, 2.05) is 50.4 Å². The molecule has 11 nitrogen and oxygen atoms in total. The van der Waals surface area contributed by atoms with Gasteiger partial charge in [-0.25, -0.2) is 33.0 Å². The molecule has 3 aromatic heterocycles. The van der Waals surface area contributed by atoms with E-state index in [-0.39, 0.29) is 5.16 Å². The highest BCUT2D eigenvalue weighted by Crippen LogP contribution is 2.30. The fourth-order valence-electron chi connectivity index (χ4n) is 3.30. The summed E-state index contributed by atoms with van der Waals surface area (Å²) in [6.45, 7) is 1.92. The largest absolute Gasteiger partial charge is 0.457 e. The summed E-state index contributed by atoms with van der Waals surface area (Å²) in [6, 6.07) is 11.2. The lowest BCUT2D eigenvalue weighted by Crippen LogP contribution is -2.06. The number of hydrogen-bond donors (Lipinski definition) is 1. The topological polar surface area (TPSA) is 138 Å². The first kappa shape index (κ1) is 20.7. The van der Waals surface area contributed by atoms with E-state index in [0.717, 1.165) is 28.5 Å². The van der Waals surface area contributed by atoms with Crippen molar-refractivity contribution in [1.29, 1.82) is 0 Å². The van der Waals surface area contributed by atoms with Gasteiger partial charge in [0.25, 0.3) is 0 Å². The molecule has 3 heterocycles. The molecule has 0 spiro atoms. The molecule has 33 heavy (non-hydrogen) atoms. The van der Waals surface area contributed by atoms with Crippen LogP contribution < -0.4 is 10.1 Å². The van der Waals surface area contributed by atoms with Crippen molar-refractivity contribution < 1.29 is 13.2 Å². The Kier molecular flexibility index (Phi) is 4.86. The number of ether oxygens (including phenoxy) is 1. The van der Waals surface area contributed by atoms with E-state index in [4.69, 9.17) is 4.74 Å². The molecule has 5 aromatic rings. The van der Waals surface area contributed by atoms with Crippen molar-refractivity contribution in [3.8, 4) is 11.5 Å². The van der Waals surface area contributed by atoms with Crippen molar-refractivity contribution in [2.45, 2.75) is 12.1 Å². The second kappa shape index (κ2) is 7.74. The van der Waals surface area contributed by atoms with Gasteiger partial charge in [0.05, 0.1) is 11.7 Å². The minimum Gasteiger partial charge on any atom is -0.457 e. The molecule has 0 aliphatic carbocycles. The van der Waals surface area contributed by atoms with E-state index in [2.05, 4.69) is 35.6 Å². The second-order valence-electron chi connectivity index (χ2n) is 7.45. The summed E-state index contributed by atoms with van der Waals surface area (Å²) in [4.78, 5) is 16.3. The number of benzene rings is 2. The van der Waals surface area contributed by atoms with Gasteiger partial charge in [-0.2, -0.15) is 0 Å². The summed E-state index contributed by atoms with van der Waals surface area (Å²) >= 11 is 0. The molecule has 166 valence electrons. The minimum absolute atomic E-state index is 0.284. The van der Waals surface area contributed by atoms with Crippen molar-refractivity contribution in [2.24, 2.45) is 7.05 Å². The van der Waals surface area contributed by atoms with E-state index >= 15 is 0 Å². The van der Waals surface area contributed by atoms with Crippen LogP contribution in [0.3, 0.4) is 0 Å². The van der Waals surface area contributed by atoms with Gasteiger partial charge in [0.2, 0.25) is 15.0 Å². The summed E-state index contributed by atoms with van der Waals surface area (Å²) in [6.07, 6.45) is 3.78. The average Bonchev–Trinajstić information content (AvgIpc) is 3.15. The molecule has 0 aliphatic heterocycles. The van der Waals surface area contributed by atoms with E-state index in [1.165, 1.54) is 12.5 Å². The molecule has 1 N–H and O–H groups in total. The summed E-state index contributed by atoms with van der Waals surface area (Å²) in [5, 5.41) is 11.0. The predicted octanol–water partition coefficient (Wildman–Crippen LogP) is 2.95. The van der Waals surface area contributed by atoms with E-state index in [9.17, 15) is 8.42 Å². The SMILES string of the molecule is Cc1cc(Nc2ncnc3cnc(S(C)(=O)=O)nc23)ccc1Oc1ccc2c(c1)nnn2C. The van der Waals surface area contributed by atoms with Crippen LogP contribution in [0.1, 0.15) is 5.56 Å². The van der Waals surface area contributed by atoms with Gasteiger partial charge >= 0.3 is 0 Å². The lowest BCUT2D eigenvalue weighted by Gasteiger charge is -2.12. The van der Waals surface area contributed by atoms with Crippen LogP contribution in [0.25, 0.3) is 22.1 Å². The van der Waals surface area contributed by atoms with Gasteiger partial charge in [-0.15, -0.1) is 5.10 Å². The van der Waals surface area contributed by atoms with Gasteiger partial charge in [0.15, 0.2) is 5.82 Å². The number of nitrogens with zero attached hydrogens (tertiary/aromatic N) is 7. The molecule has 0 amide bonds. The Bertz CT molecular complexity index is 1630. The third-order valence-corrected chi connectivity index (χ3v) is 5.79. The Morgan fingerprint density at radius 2 is 1.88 bits per heavy atom. The maximum Gasteiger partial charge on any atom is 0.247 e. The first-order valence-electron chi connectivity index (χ1n) is 9.81. The molecule has 0 fully saturated rings. The zero-order chi connectivity index (χ0) is 23.2. The monoisotopic (exact) mass is 462 g/mol. The lowest BCUT2D eigenvalue weighted by atomic mass is 10.2. The smallest absolute Gasteiger partial charge is 0.247 e. The molecule has 0 saturated heterocycles. The van der Waals surface area contributed by atoms with Crippen molar-refractivity contribution in [2.75, 3.05) is 11.6 Å². The molecule has 2 aromatic carbocycles. The summed E-state index contributed by atoms with van der Waals surface area (Å²) < 4.78 is 31.4. The maximum absolute atomic E-state index is 11.8. The molecule has 12 heteroatoms. The van der Waals surface area contributed by atoms with Crippen LogP contribution >= 0.6 is 0 Å². The van der Waals surface area contributed by atoms with Crippen molar-refractivity contribution in [1.82, 2.24) is 34.9 Å². The fraction of sp³-hybridized carbons (Fsp3) is 0.143. The first-order chi connectivity index (χ1) is 15.8. The summed E-state index contributed by atoms with van der Waals surface area (Å²) in [7, 11) is -1.74. The highest BCUT2D eigenvalue weighted by Gasteiger charge is 2.15. The molecule has 0 saturated carbocycles. The fourth-order valence-corrected chi connectivity index (χ4v) is 3.80. The molecule has 5 rings (SSSR count). The van der Waals surface area contributed by atoms with Crippen molar-refractivity contribution in [3.05, 3.63) is 54.5 Å². The average molecular weight is 462 g/mol. The van der Waals surface area contributed by atoms with Crippen molar-refractivity contribution >= 4 is 43.4 Å². The number of hydrogen-bond acceptors (Lipinski definition) is 10. The van der Waals surface area contributed by atoms with Crippen LogP contribution in [0.5, 0.6) is 11.5 Å². The van der Waals surface area contributed by atoms with E-state index in [1.54, 1.807) is 4.68 Å². The van der Waals surface area contributed by atoms with Gasteiger partial charge in [-0.05, 0) is 42.8 Å². The zero-order valence-electron chi connectivity index (χ0n) is 17.9. The highest BCUT2D eigenvalue weighted by atomic mass is 32.2. The number of rotatable bonds is 5. The van der Waals surface area contributed by atoms with Crippen molar-refractivity contribution in [3.63, 3.8) is 0 Å². The van der Waals surface area contributed by atoms with Crippen LogP contribution in [0.2, 0.25) is 0 Å². The number of anilines is 2. The van der Waals surface area contributed by atoms with Gasteiger partial charge in [-0.3, -0.25) is 0 Å². The Morgan fingerprint density at radius 3 is 2.67 bits per heavy atom. The molecule has 0 atom stereocenters. The van der Waals surface area contributed by atoms with Gasteiger partial charge in [0.1, 0.15) is 34.4 Å². The third-order valence-electron chi connectivity index (χ3n) is 4.93. The normalized spacial score (nSPS) is 11.7. The number of nitrogens with one attached hydrogen (secondary N) is 1. The molecule has 0 radical (unpaired) electrons. The zero-order valence-corrected chi connectivity index (χ0v) is 18.7. The first-order valence-corrected chi connectivity index (χ1v) is 11.7.